The summed E-state index contributed by atoms with van der Waals surface area (Å²) in [7, 11) is 0. The molecule has 5 rings (SSSR count). The molecule has 1 aliphatic heterocycles. The average molecular weight is 388 g/mol. The molecule has 0 atom stereocenters. The maximum atomic E-state index is 12.5. The number of fused-ring (bicyclic) bond motifs is 1. The largest absolute Gasteiger partial charge is 0.355 e. The molecular weight excluding hydrogens is 368 g/mol. The van der Waals surface area contributed by atoms with Gasteiger partial charge in [0.15, 0.2) is 5.65 Å². The van der Waals surface area contributed by atoms with Crippen LogP contribution in [0.4, 0.5) is 5.82 Å². The Labute approximate surface area is 166 Å². The van der Waals surface area contributed by atoms with Crippen LogP contribution in [0, 0.1) is 5.92 Å². The van der Waals surface area contributed by atoms with Crippen LogP contribution in [-0.2, 0) is 6.54 Å². The van der Waals surface area contributed by atoms with Crippen LogP contribution in [-0.4, -0.2) is 47.4 Å². The lowest BCUT2D eigenvalue weighted by Gasteiger charge is -2.32. The minimum Gasteiger partial charge on any atom is -0.355 e. The number of aromatic nitrogens is 7. The summed E-state index contributed by atoms with van der Waals surface area (Å²) in [6.45, 7) is 2.49. The van der Waals surface area contributed by atoms with Crippen molar-refractivity contribution in [2.45, 2.75) is 19.4 Å². The first-order valence-electron chi connectivity index (χ1n) is 9.65. The van der Waals surface area contributed by atoms with Crippen molar-refractivity contribution in [1.29, 1.82) is 0 Å². The summed E-state index contributed by atoms with van der Waals surface area (Å²) in [5, 5.41) is 12.4. The maximum absolute atomic E-state index is 12.5. The Bertz CT molecular complexity index is 1180. The van der Waals surface area contributed by atoms with E-state index in [-0.39, 0.29) is 5.56 Å². The molecule has 0 amide bonds. The molecule has 1 aliphatic rings. The Morgan fingerprint density at radius 3 is 2.79 bits per heavy atom. The van der Waals surface area contributed by atoms with E-state index in [0.29, 0.717) is 18.2 Å². The van der Waals surface area contributed by atoms with Crippen LogP contribution in [0.5, 0.6) is 0 Å². The van der Waals surface area contributed by atoms with E-state index in [1.165, 1.54) is 0 Å². The molecule has 0 radical (unpaired) electrons. The third-order valence-electron chi connectivity index (χ3n) is 5.38. The number of nitrogens with zero attached hydrogens (tertiary/aromatic N) is 8. The highest BCUT2D eigenvalue weighted by Gasteiger charge is 2.21. The number of anilines is 1. The first-order chi connectivity index (χ1) is 14.3. The van der Waals surface area contributed by atoms with Crippen molar-refractivity contribution >= 4 is 11.5 Å². The van der Waals surface area contributed by atoms with Gasteiger partial charge < -0.3 is 4.90 Å². The monoisotopic (exact) mass is 388 g/mol. The molecule has 0 aliphatic carbocycles. The predicted octanol–water partition coefficient (Wildman–Crippen LogP) is 1.66. The molecule has 0 spiro atoms. The number of hydrogen-bond donors (Lipinski definition) is 0. The molecule has 1 saturated heterocycles. The molecule has 0 N–H and O–H groups in total. The Morgan fingerprint density at radius 1 is 1.10 bits per heavy atom. The topological polar surface area (TPSA) is 94.1 Å². The summed E-state index contributed by atoms with van der Waals surface area (Å²) < 4.78 is 3.40. The molecule has 0 aromatic carbocycles. The van der Waals surface area contributed by atoms with Gasteiger partial charge in [0.2, 0.25) is 0 Å². The predicted molar refractivity (Wildman–Crippen MR) is 107 cm³/mol. The second-order valence-corrected chi connectivity index (χ2v) is 7.26. The number of hydrogen-bond acceptors (Lipinski definition) is 7. The van der Waals surface area contributed by atoms with E-state index in [1.807, 2.05) is 24.3 Å². The molecular formula is C20H20N8O. The Hall–Kier alpha value is -3.62. The summed E-state index contributed by atoms with van der Waals surface area (Å²) in [6.07, 6.45) is 8.68. The van der Waals surface area contributed by atoms with Gasteiger partial charge in [0.25, 0.3) is 5.56 Å². The van der Waals surface area contributed by atoms with Crippen molar-refractivity contribution < 1.29 is 0 Å². The van der Waals surface area contributed by atoms with Crippen molar-refractivity contribution in [2.24, 2.45) is 5.92 Å². The van der Waals surface area contributed by atoms with Gasteiger partial charge in [-0.3, -0.25) is 14.3 Å². The molecule has 1 fully saturated rings. The molecule has 0 unspecified atom stereocenters. The van der Waals surface area contributed by atoms with E-state index in [1.54, 1.807) is 40.2 Å². The summed E-state index contributed by atoms with van der Waals surface area (Å²) in [5.74, 6) is 1.36. The van der Waals surface area contributed by atoms with Crippen LogP contribution in [0.15, 0.2) is 60.2 Å². The van der Waals surface area contributed by atoms with E-state index < -0.39 is 0 Å². The van der Waals surface area contributed by atoms with E-state index in [4.69, 9.17) is 0 Å². The van der Waals surface area contributed by atoms with Gasteiger partial charge in [-0.2, -0.15) is 4.52 Å². The Kier molecular flexibility index (Phi) is 4.47. The van der Waals surface area contributed by atoms with Gasteiger partial charge in [-0.1, -0.05) is 0 Å². The van der Waals surface area contributed by atoms with Crippen molar-refractivity contribution in [3.63, 3.8) is 0 Å². The standard InChI is InChI=1S/C20H20N8O/c29-20-10-17(16-2-1-7-21-11-16)22-13-27(20)12-15-5-8-26(9-6-15)19-4-3-18-24-23-14-28(18)25-19/h1-4,7,10-11,13-15H,5-6,8-9,12H2. The summed E-state index contributed by atoms with van der Waals surface area (Å²) in [5.41, 5.74) is 2.22. The van der Waals surface area contributed by atoms with Crippen molar-refractivity contribution in [1.82, 2.24) is 34.3 Å². The maximum Gasteiger partial charge on any atom is 0.253 e. The minimum atomic E-state index is -0.0268. The van der Waals surface area contributed by atoms with Gasteiger partial charge >= 0.3 is 0 Å². The lowest BCUT2D eigenvalue weighted by molar-refractivity contribution is 0.350. The molecule has 4 aromatic rings. The molecule has 0 saturated carbocycles. The van der Waals surface area contributed by atoms with Crippen LogP contribution >= 0.6 is 0 Å². The highest BCUT2D eigenvalue weighted by atomic mass is 16.1. The number of piperidine rings is 1. The van der Waals surface area contributed by atoms with Crippen LogP contribution in [0.25, 0.3) is 16.9 Å². The van der Waals surface area contributed by atoms with E-state index in [2.05, 4.69) is 30.2 Å². The van der Waals surface area contributed by atoms with Gasteiger partial charge in [0.1, 0.15) is 12.1 Å². The van der Waals surface area contributed by atoms with Gasteiger partial charge in [-0.15, -0.1) is 15.3 Å². The highest BCUT2D eigenvalue weighted by Crippen LogP contribution is 2.23. The van der Waals surface area contributed by atoms with Crippen LogP contribution in [0.1, 0.15) is 12.8 Å². The fraction of sp³-hybridized carbons (Fsp3) is 0.300. The van der Waals surface area contributed by atoms with Crippen molar-refractivity contribution in [2.75, 3.05) is 18.0 Å². The normalized spacial score (nSPS) is 15.1. The molecule has 0 bridgehead atoms. The minimum absolute atomic E-state index is 0.0268. The molecule has 29 heavy (non-hydrogen) atoms. The van der Waals surface area contributed by atoms with Gasteiger partial charge in [0.05, 0.1) is 12.0 Å². The second kappa shape index (κ2) is 7.42. The lowest BCUT2D eigenvalue weighted by atomic mass is 9.96. The summed E-state index contributed by atoms with van der Waals surface area (Å²) >= 11 is 0. The van der Waals surface area contributed by atoms with Gasteiger partial charge in [-0.05, 0) is 43.0 Å². The van der Waals surface area contributed by atoms with E-state index in [9.17, 15) is 4.79 Å². The fourth-order valence-electron chi connectivity index (χ4n) is 3.75. The third kappa shape index (κ3) is 3.58. The zero-order valence-corrected chi connectivity index (χ0v) is 15.8. The molecule has 5 heterocycles. The smallest absolute Gasteiger partial charge is 0.253 e. The number of pyridine rings is 1. The first kappa shape index (κ1) is 17.5. The van der Waals surface area contributed by atoms with E-state index in [0.717, 1.165) is 43.0 Å². The first-order valence-corrected chi connectivity index (χ1v) is 9.65. The Morgan fingerprint density at radius 2 is 2.00 bits per heavy atom. The summed E-state index contributed by atoms with van der Waals surface area (Å²) in [6, 6.07) is 9.24. The zero-order chi connectivity index (χ0) is 19.6. The Balaban J connectivity index is 1.24. The van der Waals surface area contributed by atoms with Crippen molar-refractivity contribution in [3.8, 4) is 11.3 Å². The molecule has 9 heteroatoms. The van der Waals surface area contributed by atoms with E-state index >= 15 is 0 Å². The van der Waals surface area contributed by atoms with Crippen LogP contribution in [0.2, 0.25) is 0 Å². The van der Waals surface area contributed by atoms with Crippen LogP contribution in [0.3, 0.4) is 0 Å². The van der Waals surface area contributed by atoms with Gasteiger partial charge in [0, 0.05) is 43.7 Å². The fourth-order valence-corrected chi connectivity index (χ4v) is 3.75. The number of rotatable bonds is 4. The molecule has 9 nitrogen and oxygen atoms in total. The summed E-state index contributed by atoms with van der Waals surface area (Å²) in [4.78, 5) is 23.3. The molecule has 4 aromatic heterocycles. The van der Waals surface area contributed by atoms with Crippen LogP contribution < -0.4 is 10.5 Å². The molecule has 146 valence electrons. The lowest BCUT2D eigenvalue weighted by Crippen LogP contribution is -2.37. The SMILES string of the molecule is O=c1cc(-c2cccnc2)ncn1CC1CCN(c2ccc3nncn3n2)CC1. The second-order valence-electron chi connectivity index (χ2n) is 7.26. The van der Waals surface area contributed by atoms with Crippen molar-refractivity contribution in [3.05, 3.63) is 65.7 Å². The third-order valence-corrected chi connectivity index (χ3v) is 5.38. The average Bonchev–Trinajstić information content (AvgIpc) is 3.24. The zero-order valence-electron chi connectivity index (χ0n) is 15.8. The quantitative estimate of drug-likeness (QED) is 0.525. The van der Waals surface area contributed by atoms with Gasteiger partial charge in [-0.25, -0.2) is 4.98 Å². The highest BCUT2D eigenvalue weighted by molar-refractivity contribution is 5.56.